The zero-order chi connectivity index (χ0) is 14.1. The molecule has 0 saturated carbocycles. The summed E-state index contributed by atoms with van der Waals surface area (Å²) in [6.45, 7) is 6.91. The topological polar surface area (TPSA) is 87.8 Å². The van der Waals surface area contributed by atoms with E-state index in [9.17, 15) is 8.42 Å². The SMILES string of the molecule is Cc1nn(C)c(C)c1S(=O)(=O)NC(C#N)C(C)C. The van der Waals surface area contributed by atoms with Crippen LogP contribution in [0.4, 0.5) is 0 Å². The molecule has 0 aromatic carbocycles. The summed E-state index contributed by atoms with van der Waals surface area (Å²) in [6, 6.07) is 1.21. The zero-order valence-corrected chi connectivity index (χ0v) is 12.0. The van der Waals surface area contributed by atoms with Crippen LogP contribution in [-0.2, 0) is 17.1 Å². The van der Waals surface area contributed by atoms with E-state index in [1.807, 2.05) is 6.07 Å². The van der Waals surface area contributed by atoms with Gasteiger partial charge in [-0.3, -0.25) is 4.68 Å². The van der Waals surface area contributed by atoms with E-state index in [2.05, 4.69) is 9.82 Å². The Kier molecular flexibility index (Phi) is 4.14. The highest BCUT2D eigenvalue weighted by Gasteiger charge is 2.27. The average molecular weight is 270 g/mol. The second kappa shape index (κ2) is 5.08. The molecule has 1 aromatic heterocycles. The van der Waals surface area contributed by atoms with Gasteiger partial charge in [0.05, 0.1) is 17.5 Å². The number of nitriles is 1. The summed E-state index contributed by atoms with van der Waals surface area (Å²) < 4.78 is 28.4. The monoisotopic (exact) mass is 270 g/mol. The number of hydrogen-bond acceptors (Lipinski definition) is 4. The maximum Gasteiger partial charge on any atom is 0.245 e. The van der Waals surface area contributed by atoms with Gasteiger partial charge in [-0.2, -0.15) is 15.1 Å². The predicted octanol–water partition coefficient (Wildman–Crippen LogP) is 0.863. The van der Waals surface area contributed by atoms with Crippen molar-refractivity contribution in [2.45, 2.75) is 38.6 Å². The second-order valence-corrected chi connectivity index (χ2v) is 6.25. The number of nitrogens with zero attached hydrogens (tertiary/aromatic N) is 3. The van der Waals surface area contributed by atoms with Crippen molar-refractivity contribution >= 4 is 10.0 Å². The van der Waals surface area contributed by atoms with Crippen LogP contribution in [0.15, 0.2) is 4.90 Å². The Bertz CT molecular complexity index is 581. The number of sulfonamides is 1. The average Bonchev–Trinajstić information content (AvgIpc) is 2.49. The Balaban J connectivity index is 3.20. The van der Waals surface area contributed by atoms with E-state index in [4.69, 9.17) is 5.26 Å². The van der Waals surface area contributed by atoms with Crippen LogP contribution in [0.3, 0.4) is 0 Å². The van der Waals surface area contributed by atoms with Crippen LogP contribution in [0.5, 0.6) is 0 Å². The summed E-state index contributed by atoms with van der Waals surface area (Å²) in [5.74, 6) is -0.0953. The van der Waals surface area contributed by atoms with Gasteiger partial charge in [0.1, 0.15) is 10.9 Å². The first kappa shape index (κ1) is 14.7. The summed E-state index contributed by atoms with van der Waals surface area (Å²) >= 11 is 0. The molecular formula is C11H18N4O2S. The molecular weight excluding hydrogens is 252 g/mol. The van der Waals surface area contributed by atoms with E-state index in [1.165, 1.54) is 4.68 Å². The third-order valence-corrected chi connectivity index (χ3v) is 4.49. The molecule has 100 valence electrons. The number of aromatic nitrogens is 2. The second-order valence-electron chi connectivity index (χ2n) is 4.60. The highest BCUT2D eigenvalue weighted by Crippen LogP contribution is 2.19. The van der Waals surface area contributed by atoms with Crippen LogP contribution < -0.4 is 4.72 Å². The molecule has 1 aromatic rings. The van der Waals surface area contributed by atoms with Crippen molar-refractivity contribution in [3.63, 3.8) is 0 Å². The highest BCUT2D eigenvalue weighted by atomic mass is 32.2. The van der Waals surface area contributed by atoms with Crippen LogP contribution in [0, 0.1) is 31.1 Å². The number of rotatable bonds is 4. The van der Waals surface area contributed by atoms with Crippen molar-refractivity contribution < 1.29 is 8.42 Å². The van der Waals surface area contributed by atoms with E-state index in [-0.39, 0.29) is 10.8 Å². The van der Waals surface area contributed by atoms with Gasteiger partial charge in [0.15, 0.2) is 0 Å². The number of hydrogen-bond donors (Lipinski definition) is 1. The lowest BCUT2D eigenvalue weighted by molar-refractivity contribution is 0.514. The van der Waals surface area contributed by atoms with Gasteiger partial charge in [-0.25, -0.2) is 8.42 Å². The van der Waals surface area contributed by atoms with Gasteiger partial charge in [-0.1, -0.05) is 13.8 Å². The summed E-state index contributed by atoms with van der Waals surface area (Å²) in [6.07, 6.45) is 0. The largest absolute Gasteiger partial charge is 0.271 e. The van der Waals surface area contributed by atoms with Crippen molar-refractivity contribution in [3.05, 3.63) is 11.4 Å². The van der Waals surface area contributed by atoms with Gasteiger partial charge in [-0.05, 0) is 19.8 Å². The minimum absolute atomic E-state index is 0.0953. The van der Waals surface area contributed by atoms with E-state index in [1.54, 1.807) is 34.7 Å². The summed E-state index contributed by atoms with van der Waals surface area (Å²) in [4.78, 5) is 0.158. The fourth-order valence-corrected chi connectivity index (χ4v) is 3.41. The lowest BCUT2D eigenvalue weighted by Crippen LogP contribution is -2.37. The molecule has 0 aliphatic heterocycles. The van der Waals surface area contributed by atoms with Gasteiger partial charge in [-0.15, -0.1) is 0 Å². The first-order valence-electron chi connectivity index (χ1n) is 5.62. The van der Waals surface area contributed by atoms with E-state index >= 15 is 0 Å². The minimum Gasteiger partial charge on any atom is -0.271 e. The van der Waals surface area contributed by atoms with Crippen LogP contribution in [0.25, 0.3) is 0 Å². The molecule has 0 fully saturated rings. The van der Waals surface area contributed by atoms with Crippen molar-refractivity contribution in [2.24, 2.45) is 13.0 Å². The predicted molar refractivity (Wildman–Crippen MR) is 67.2 cm³/mol. The van der Waals surface area contributed by atoms with Crippen LogP contribution in [0.2, 0.25) is 0 Å². The number of aryl methyl sites for hydroxylation is 2. The van der Waals surface area contributed by atoms with E-state index in [0.717, 1.165) is 0 Å². The lowest BCUT2D eigenvalue weighted by atomic mass is 10.1. The van der Waals surface area contributed by atoms with Gasteiger partial charge < -0.3 is 0 Å². The Morgan fingerprint density at radius 3 is 2.28 bits per heavy atom. The normalized spacial score (nSPS) is 13.6. The molecule has 0 amide bonds. The molecule has 1 unspecified atom stereocenters. The molecule has 7 heteroatoms. The Morgan fingerprint density at radius 1 is 1.39 bits per heavy atom. The van der Waals surface area contributed by atoms with Gasteiger partial charge in [0.2, 0.25) is 10.0 Å². The van der Waals surface area contributed by atoms with Crippen molar-refractivity contribution in [1.29, 1.82) is 5.26 Å². The lowest BCUT2D eigenvalue weighted by Gasteiger charge is -2.15. The van der Waals surface area contributed by atoms with Crippen LogP contribution >= 0.6 is 0 Å². The van der Waals surface area contributed by atoms with Gasteiger partial charge in [0, 0.05) is 7.05 Å². The number of nitrogens with one attached hydrogen (secondary N) is 1. The molecule has 1 rings (SSSR count). The van der Waals surface area contributed by atoms with Crippen LogP contribution in [-0.4, -0.2) is 24.2 Å². The molecule has 0 aliphatic rings. The molecule has 0 aliphatic carbocycles. The molecule has 0 radical (unpaired) electrons. The van der Waals surface area contributed by atoms with Crippen molar-refractivity contribution in [3.8, 4) is 6.07 Å². The molecule has 1 atom stereocenters. The Morgan fingerprint density at radius 2 is 1.94 bits per heavy atom. The summed E-state index contributed by atoms with van der Waals surface area (Å²) in [5, 5.41) is 13.0. The van der Waals surface area contributed by atoms with Crippen LogP contribution in [0.1, 0.15) is 25.2 Å². The first-order chi connectivity index (χ1) is 8.20. The molecule has 1 N–H and O–H groups in total. The van der Waals surface area contributed by atoms with Gasteiger partial charge >= 0.3 is 0 Å². The van der Waals surface area contributed by atoms with Gasteiger partial charge in [0.25, 0.3) is 0 Å². The van der Waals surface area contributed by atoms with E-state index < -0.39 is 16.1 Å². The maximum atomic E-state index is 12.2. The summed E-state index contributed by atoms with van der Waals surface area (Å²) in [5.41, 5.74) is 0.989. The highest BCUT2D eigenvalue weighted by molar-refractivity contribution is 7.89. The minimum atomic E-state index is -3.71. The molecule has 0 saturated heterocycles. The van der Waals surface area contributed by atoms with Crippen molar-refractivity contribution in [2.75, 3.05) is 0 Å². The molecule has 1 heterocycles. The fourth-order valence-electron chi connectivity index (χ4n) is 1.68. The fraction of sp³-hybridized carbons (Fsp3) is 0.636. The smallest absolute Gasteiger partial charge is 0.245 e. The molecule has 0 spiro atoms. The quantitative estimate of drug-likeness (QED) is 0.879. The standard InChI is InChI=1S/C11H18N4O2S/c1-7(2)10(6-12)14-18(16,17)11-8(3)13-15(5)9(11)4/h7,10,14H,1-5H3. The molecule has 0 bridgehead atoms. The zero-order valence-electron chi connectivity index (χ0n) is 11.2. The summed E-state index contributed by atoms with van der Waals surface area (Å²) in [7, 11) is -2.03. The van der Waals surface area contributed by atoms with Crippen molar-refractivity contribution in [1.82, 2.24) is 14.5 Å². The third kappa shape index (κ3) is 2.71. The Labute approximate surface area is 108 Å². The first-order valence-corrected chi connectivity index (χ1v) is 7.11. The van der Waals surface area contributed by atoms with E-state index in [0.29, 0.717) is 11.4 Å². The maximum absolute atomic E-state index is 12.2. The Hall–Kier alpha value is -1.39. The third-order valence-electron chi connectivity index (χ3n) is 2.80. The molecule has 18 heavy (non-hydrogen) atoms. The molecule has 6 nitrogen and oxygen atoms in total.